The Bertz CT molecular complexity index is 1120. The Balaban J connectivity index is 1.40. The molecule has 0 aliphatic heterocycles. The summed E-state index contributed by atoms with van der Waals surface area (Å²) in [6.45, 7) is 4.87. The van der Waals surface area contributed by atoms with E-state index in [1.54, 1.807) is 46.4 Å². The molecule has 0 radical (unpaired) electrons. The van der Waals surface area contributed by atoms with Crippen molar-refractivity contribution in [1.29, 1.82) is 0 Å². The predicted octanol–water partition coefficient (Wildman–Crippen LogP) is 5.44. The lowest BCUT2D eigenvalue weighted by Crippen LogP contribution is -2.31. The van der Waals surface area contributed by atoms with Crippen LogP contribution in [0.3, 0.4) is 0 Å². The Kier molecular flexibility index (Phi) is 6.83. The number of rotatable bonds is 9. The third-order valence-corrected chi connectivity index (χ3v) is 6.68. The van der Waals surface area contributed by atoms with Crippen LogP contribution in [0.25, 0.3) is 11.7 Å². The highest BCUT2D eigenvalue weighted by Gasteiger charge is 2.19. The molecule has 4 rings (SSSR count). The van der Waals surface area contributed by atoms with E-state index in [0.29, 0.717) is 29.6 Å². The Morgan fingerprint density at radius 3 is 2.71 bits per heavy atom. The molecule has 31 heavy (non-hydrogen) atoms. The zero-order chi connectivity index (χ0) is 21.6. The van der Waals surface area contributed by atoms with Crippen molar-refractivity contribution < 1.29 is 13.6 Å². The average molecular weight is 455 g/mol. The first-order chi connectivity index (χ1) is 15.1. The molecule has 9 heteroatoms. The number of thiazole rings is 1. The summed E-state index contributed by atoms with van der Waals surface area (Å²) in [5, 5.41) is 10.1. The summed E-state index contributed by atoms with van der Waals surface area (Å²) < 4.78 is 12.0. The molecule has 7 nitrogen and oxygen atoms in total. The monoisotopic (exact) mass is 454 g/mol. The first kappa shape index (κ1) is 21.3. The molecule has 0 atom stereocenters. The second kappa shape index (κ2) is 9.93. The molecule has 0 N–H and O–H groups in total. The minimum atomic E-state index is -0.0608. The zero-order valence-corrected chi connectivity index (χ0v) is 18.9. The van der Waals surface area contributed by atoms with E-state index < -0.39 is 0 Å². The largest absolute Gasteiger partial charge is 0.459 e. The van der Waals surface area contributed by atoms with E-state index in [4.69, 9.17) is 8.83 Å². The molecule has 1 amide bonds. The van der Waals surface area contributed by atoms with E-state index in [1.165, 1.54) is 0 Å². The van der Waals surface area contributed by atoms with Crippen LogP contribution in [0.4, 0.5) is 0 Å². The number of carbonyl (C=O) groups excluding carboxylic acids is 1. The van der Waals surface area contributed by atoms with Crippen LogP contribution in [0, 0.1) is 6.92 Å². The maximum absolute atomic E-state index is 13.1. The van der Waals surface area contributed by atoms with Crippen molar-refractivity contribution in [3.63, 3.8) is 0 Å². The molecule has 3 aromatic heterocycles. The number of furan rings is 1. The van der Waals surface area contributed by atoms with Crippen molar-refractivity contribution in [3.8, 4) is 11.7 Å². The van der Waals surface area contributed by atoms with E-state index in [1.807, 2.05) is 43.5 Å². The molecule has 0 bridgehead atoms. The van der Waals surface area contributed by atoms with Crippen LogP contribution in [-0.4, -0.2) is 32.5 Å². The van der Waals surface area contributed by atoms with Crippen molar-refractivity contribution in [1.82, 2.24) is 20.1 Å². The van der Waals surface area contributed by atoms with Crippen LogP contribution in [0.5, 0.6) is 0 Å². The standard InChI is InChI=1S/C22H22N4O3S2/c1-3-10-26(12-19-24-25-20(29-19)18-5-4-11-28-18)21(27)17-8-6-16(7-9-17)14-31-22-23-15(2)13-30-22/h4-9,11,13H,3,10,12,14H2,1-2H3. The van der Waals surface area contributed by atoms with Gasteiger partial charge in [0.15, 0.2) is 5.76 Å². The van der Waals surface area contributed by atoms with Crippen molar-refractivity contribution in [2.75, 3.05) is 6.54 Å². The molecule has 0 fully saturated rings. The van der Waals surface area contributed by atoms with Gasteiger partial charge < -0.3 is 13.7 Å². The number of thioether (sulfide) groups is 1. The highest BCUT2D eigenvalue weighted by atomic mass is 32.2. The summed E-state index contributed by atoms with van der Waals surface area (Å²) in [4.78, 5) is 19.3. The number of hydrogen-bond acceptors (Lipinski definition) is 8. The van der Waals surface area contributed by atoms with Crippen LogP contribution in [0.1, 0.15) is 40.9 Å². The topological polar surface area (TPSA) is 85.3 Å². The minimum absolute atomic E-state index is 0.0608. The summed E-state index contributed by atoms with van der Waals surface area (Å²) >= 11 is 3.36. The lowest BCUT2D eigenvalue weighted by molar-refractivity contribution is 0.0728. The normalized spacial score (nSPS) is 11.0. The molecular formula is C22H22N4O3S2. The van der Waals surface area contributed by atoms with Crippen LogP contribution >= 0.6 is 23.1 Å². The zero-order valence-electron chi connectivity index (χ0n) is 17.3. The molecule has 3 heterocycles. The van der Waals surface area contributed by atoms with Gasteiger partial charge in [0, 0.05) is 28.9 Å². The lowest BCUT2D eigenvalue weighted by atomic mass is 10.1. The molecule has 0 aliphatic carbocycles. The molecular weight excluding hydrogens is 432 g/mol. The van der Waals surface area contributed by atoms with E-state index in [-0.39, 0.29) is 12.5 Å². The van der Waals surface area contributed by atoms with Crippen molar-refractivity contribution >= 4 is 29.0 Å². The van der Waals surface area contributed by atoms with Crippen molar-refractivity contribution in [2.24, 2.45) is 0 Å². The molecule has 0 saturated carbocycles. The van der Waals surface area contributed by atoms with Gasteiger partial charge in [0.2, 0.25) is 5.89 Å². The molecule has 0 spiro atoms. The van der Waals surface area contributed by atoms with Gasteiger partial charge in [-0.25, -0.2) is 4.98 Å². The van der Waals surface area contributed by atoms with E-state index >= 15 is 0 Å². The second-order valence-electron chi connectivity index (χ2n) is 6.95. The third-order valence-electron chi connectivity index (χ3n) is 4.47. The van der Waals surface area contributed by atoms with Crippen molar-refractivity contribution in [3.05, 3.63) is 70.8 Å². The Hall–Kier alpha value is -2.91. The SMILES string of the molecule is CCCN(Cc1nnc(-c2ccco2)o1)C(=O)c1ccc(CSc2nc(C)cs2)cc1. The summed E-state index contributed by atoms with van der Waals surface area (Å²) in [5.74, 6) is 1.95. The Morgan fingerprint density at radius 1 is 1.19 bits per heavy atom. The highest BCUT2D eigenvalue weighted by Crippen LogP contribution is 2.26. The van der Waals surface area contributed by atoms with Gasteiger partial charge in [-0.2, -0.15) is 0 Å². The molecule has 1 aromatic carbocycles. The first-order valence-electron chi connectivity index (χ1n) is 9.91. The van der Waals surface area contributed by atoms with Crippen molar-refractivity contribution in [2.45, 2.75) is 36.9 Å². The lowest BCUT2D eigenvalue weighted by Gasteiger charge is -2.20. The van der Waals surface area contributed by atoms with Gasteiger partial charge in [0.05, 0.1) is 12.8 Å². The maximum Gasteiger partial charge on any atom is 0.283 e. The summed E-state index contributed by atoms with van der Waals surface area (Å²) in [5.41, 5.74) is 2.83. The number of amides is 1. The van der Waals surface area contributed by atoms with Crippen LogP contribution in [-0.2, 0) is 12.3 Å². The van der Waals surface area contributed by atoms with E-state index in [9.17, 15) is 4.79 Å². The van der Waals surface area contributed by atoms with Gasteiger partial charge in [-0.15, -0.1) is 21.5 Å². The van der Waals surface area contributed by atoms with Crippen LogP contribution < -0.4 is 0 Å². The minimum Gasteiger partial charge on any atom is -0.459 e. The van der Waals surface area contributed by atoms with Gasteiger partial charge in [-0.3, -0.25) is 4.79 Å². The number of nitrogens with zero attached hydrogens (tertiary/aromatic N) is 4. The number of carbonyl (C=O) groups is 1. The van der Waals surface area contributed by atoms with Gasteiger partial charge in [0.1, 0.15) is 4.34 Å². The fourth-order valence-electron chi connectivity index (χ4n) is 2.97. The average Bonchev–Trinajstić information content (AvgIpc) is 3.54. The maximum atomic E-state index is 13.1. The number of hydrogen-bond donors (Lipinski definition) is 0. The number of benzene rings is 1. The fourth-order valence-corrected chi connectivity index (χ4v) is 4.78. The molecule has 0 saturated heterocycles. The quantitative estimate of drug-likeness (QED) is 0.311. The van der Waals surface area contributed by atoms with E-state index in [0.717, 1.165) is 27.8 Å². The molecule has 160 valence electrons. The highest BCUT2D eigenvalue weighted by molar-refractivity contribution is 8.00. The van der Waals surface area contributed by atoms with Crippen LogP contribution in [0.2, 0.25) is 0 Å². The second-order valence-corrected chi connectivity index (χ2v) is 9.03. The first-order valence-corrected chi connectivity index (χ1v) is 11.8. The predicted molar refractivity (Wildman–Crippen MR) is 120 cm³/mol. The van der Waals surface area contributed by atoms with Gasteiger partial charge in [0.25, 0.3) is 11.8 Å². The Morgan fingerprint density at radius 2 is 2.03 bits per heavy atom. The van der Waals surface area contributed by atoms with Crippen LogP contribution in [0.15, 0.2) is 61.2 Å². The summed E-state index contributed by atoms with van der Waals surface area (Å²) in [7, 11) is 0. The fraction of sp³-hybridized carbons (Fsp3) is 0.273. The van der Waals surface area contributed by atoms with Gasteiger partial charge in [-0.1, -0.05) is 30.8 Å². The smallest absolute Gasteiger partial charge is 0.283 e. The molecule has 0 aliphatic rings. The van der Waals surface area contributed by atoms with Gasteiger partial charge in [-0.05, 0) is 43.2 Å². The Labute approximate surface area is 188 Å². The number of aryl methyl sites for hydroxylation is 1. The number of aromatic nitrogens is 3. The van der Waals surface area contributed by atoms with E-state index in [2.05, 4.69) is 15.2 Å². The molecule has 0 unspecified atom stereocenters. The molecule has 4 aromatic rings. The summed E-state index contributed by atoms with van der Waals surface area (Å²) in [6, 6.07) is 11.2. The third kappa shape index (κ3) is 5.42. The summed E-state index contributed by atoms with van der Waals surface area (Å²) in [6.07, 6.45) is 2.37. The van der Waals surface area contributed by atoms with Gasteiger partial charge >= 0.3 is 0 Å².